The zero-order valence-electron chi connectivity index (χ0n) is 33.7. The molecule has 0 unspecified atom stereocenters. The minimum atomic E-state index is -0.658. The molecule has 0 amide bonds. The molecule has 1 aliphatic carbocycles. The van der Waals surface area contributed by atoms with Crippen molar-refractivity contribution in [2.24, 2.45) is 0 Å². The van der Waals surface area contributed by atoms with E-state index in [1.54, 1.807) is 0 Å². The summed E-state index contributed by atoms with van der Waals surface area (Å²) in [4.78, 5) is 7.26. The molecule has 0 bridgehead atoms. The first-order chi connectivity index (χ1) is 29.6. The van der Waals surface area contributed by atoms with E-state index in [2.05, 4.69) is 253 Å². The molecule has 0 atom stereocenters. The third-order valence-electron chi connectivity index (χ3n) is 12.3. The molecule has 3 nitrogen and oxygen atoms in total. The van der Waals surface area contributed by atoms with E-state index >= 15 is 0 Å². The van der Waals surface area contributed by atoms with Gasteiger partial charge >= 0.3 is 0 Å². The fourth-order valence-electron chi connectivity index (χ4n) is 9.81. The number of fused-ring (bicyclic) bond motifs is 9. The highest BCUT2D eigenvalue weighted by Crippen LogP contribution is 2.64. The molecule has 1 spiro atoms. The zero-order valence-corrected chi connectivity index (χ0v) is 33.7. The van der Waals surface area contributed by atoms with Gasteiger partial charge in [-0.25, -0.2) is 0 Å². The zero-order chi connectivity index (χ0) is 40.2. The van der Waals surface area contributed by atoms with E-state index in [0.717, 1.165) is 39.8 Å². The Morgan fingerprint density at radius 1 is 0.317 bits per heavy atom. The number of hydrogen-bond donors (Lipinski definition) is 0. The van der Waals surface area contributed by atoms with Crippen LogP contribution in [0.5, 0.6) is 0 Å². The van der Waals surface area contributed by atoms with E-state index in [4.69, 9.17) is 0 Å². The van der Waals surface area contributed by atoms with Crippen LogP contribution in [0.25, 0.3) is 11.1 Å². The van der Waals surface area contributed by atoms with E-state index in [1.807, 2.05) is 0 Å². The van der Waals surface area contributed by atoms with Crippen LogP contribution in [0, 0.1) is 13.8 Å². The number of rotatable bonds is 7. The molecule has 0 radical (unpaired) electrons. The molecule has 2 aliphatic rings. The molecule has 0 aromatic heterocycles. The second-order valence-corrected chi connectivity index (χ2v) is 15.9. The van der Waals surface area contributed by atoms with Gasteiger partial charge in [0.1, 0.15) is 0 Å². The first-order valence-electron chi connectivity index (χ1n) is 20.8. The van der Waals surface area contributed by atoms with Gasteiger partial charge in [0.25, 0.3) is 0 Å². The molecule has 286 valence electrons. The van der Waals surface area contributed by atoms with Crippen molar-refractivity contribution >= 4 is 51.2 Å². The maximum atomic E-state index is 2.49. The lowest BCUT2D eigenvalue weighted by Gasteiger charge is -2.45. The van der Waals surface area contributed by atoms with Crippen molar-refractivity contribution in [2.45, 2.75) is 19.3 Å². The largest absolute Gasteiger partial charge is 0.310 e. The van der Waals surface area contributed by atoms with Gasteiger partial charge in [0.2, 0.25) is 0 Å². The topological polar surface area (TPSA) is 9.72 Å². The normalized spacial score (nSPS) is 12.9. The van der Waals surface area contributed by atoms with E-state index in [0.29, 0.717) is 0 Å². The Balaban J connectivity index is 1.24. The minimum Gasteiger partial charge on any atom is -0.310 e. The van der Waals surface area contributed by atoms with Gasteiger partial charge in [-0.1, -0.05) is 127 Å². The van der Waals surface area contributed by atoms with Crippen molar-refractivity contribution in [3.8, 4) is 11.1 Å². The molecule has 1 heterocycles. The number of anilines is 9. The Hall–Kier alpha value is -7.62. The number of nitrogens with zero attached hydrogens (tertiary/aromatic N) is 3. The monoisotopic (exact) mass is 769 g/mol. The molecule has 0 saturated heterocycles. The highest BCUT2D eigenvalue weighted by Gasteiger charge is 2.52. The summed E-state index contributed by atoms with van der Waals surface area (Å²) >= 11 is 0. The summed E-state index contributed by atoms with van der Waals surface area (Å²) in [6.45, 7) is 4.39. The number of hydrogen-bond acceptors (Lipinski definition) is 3. The van der Waals surface area contributed by atoms with E-state index in [-0.39, 0.29) is 0 Å². The molecule has 0 N–H and O–H groups in total. The average molecular weight is 770 g/mol. The fourth-order valence-corrected chi connectivity index (χ4v) is 9.81. The molecule has 0 fully saturated rings. The first kappa shape index (κ1) is 35.5. The van der Waals surface area contributed by atoms with Crippen LogP contribution in [0.1, 0.15) is 33.4 Å². The van der Waals surface area contributed by atoms with Gasteiger partial charge < -0.3 is 14.7 Å². The summed E-state index contributed by atoms with van der Waals surface area (Å²) in [7, 11) is 0. The second-order valence-electron chi connectivity index (χ2n) is 15.9. The van der Waals surface area contributed by atoms with Crippen molar-refractivity contribution in [1.82, 2.24) is 0 Å². The molecule has 0 saturated carbocycles. The lowest BCUT2D eigenvalue weighted by atomic mass is 9.64. The smallest absolute Gasteiger partial charge is 0.0755 e. The lowest BCUT2D eigenvalue weighted by molar-refractivity contribution is 0.752. The van der Waals surface area contributed by atoms with Gasteiger partial charge in [0, 0.05) is 39.8 Å². The van der Waals surface area contributed by atoms with Crippen LogP contribution in [0.2, 0.25) is 0 Å². The molecule has 3 heteroatoms. The van der Waals surface area contributed by atoms with Crippen molar-refractivity contribution in [1.29, 1.82) is 0 Å². The van der Waals surface area contributed by atoms with Crippen LogP contribution in [-0.4, -0.2) is 0 Å². The standard InChI is InChI=1S/C57H43N3/c1-40-18-17-27-46(36-40)60-55-29-16-15-28-51(55)57(52-35-30-41(2)37-56(52)60)53-38-47(58(42-19-7-3-8-20-42)43-21-9-4-10-22-43)31-33-49(53)50-34-32-48(39-54(50)57)59(44-23-11-5-12-24-44)45-25-13-6-14-26-45/h3-39H,1-2H3. The highest BCUT2D eigenvalue weighted by molar-refractivity contribution is 5.98. The van der Waals surface area contributed by atoms with Crippen LogP contribution in [-0.2, 0) is 5.41 Å². The molecule has 9 aromatic carbocycles. The number of benzene rings is 9. The predicted octanol–water partition coefficient (Wildman–Crippen LogP) is 15.4. The fraction of sp³-hybridized carbons (Fsp3) is 0.0526. The maximum Gasteiger partial charge on any atom is 0.0755 e. The van der Waals surface area contributed by atoms with Crippen LogP contribution in [0.15, 0.2) is 224 Å². The van der Waals surface area contributed by atoms with E-state index in [9.17, 15) is 0 Å². The Morgan fingerprint density at radius 2 is 0.767 bits per heavy atom. The van der Waals surface area contributed by atoms with Crippen LogP contribution in [0.4, 0.5) is 51.2 Å². The molecule has 9 aromatic rings. The number of aryl methyl sites for hydroxylation is 2. The summed E-state index contributed by atoms with van der Waals surface area (Å²) in [6.07, 6.45) is 0. The Bertz CT molecular complexity index is 2800. The molecule has 60 heavy (non-hydrogen) atoms. The molecule has 1 aliphatic heterocycles. The maximum absolute atomic E-state index is 2.49. The third kappa shape index (κ3) is 5.58. The van der Waals surface area contributed by atoms with E-state index in [1.165, 1.54) is 55.9 Å². The third-order valence-corrected chi connectivity index (χ3v) is 12.3. The highest BCUT2D eigenvalue weighted by atomic mass is 15.2. The van der Waals surface area contributed by atoms with Crippen LogP contribution >= 0.6 is 0 Å². The van der Waals surface area contributed by atoms with Crippen molar-refractivity contribution < 1.29 is 0 Å². The van der Waals surface area contributed by atoms with Gasteiger partial charge in [-0.05, 0) is 155 Å². The van der Waals surface area contributed by atoms with Crippen LogP contribution in [0.3, 0.4) is 0 Å². The predicted molar refractivity (Wildman–Crippen MR) is 251 cm³/mol. The van der Waals surface area contributed by atoms with Crippen molar-refractivity contribution in [2.75, 3.05) is 14.7 Å². The summed E-state index contributed by atoms with van der Waals surface area (Å²) < 4.78 is 0. The summed E-state index contributed by atoms with van der Waals surface area (Å²) in [6, 6.07) is 82.4. The van der Waals surface area contributed by atoms with Crippen molar-refractivity contribution in [3.63, 3.8) is 0 Å². The van der Waals surface area contributed by atoms with Gasteiger partial charge in [0.15, 0.2) is 0 Å². The quantitative estimate of drug-likeness (QED) is 0.160. The summed E-state index contributed by atoms with van der Waals surface area (Å²) in [5, 5.41) is 0. The van der Waals surface area contributed by atoms with Gasteiger partial charge in [-0.2, -0.15) is 0 Å². The average Bonchev–Trinajstić information content (AvgIpc) is 3.57. The Labute approximate surface area is 352 Å². The number of para-hydroxylation sites is 5. The van der Waals surface area contributed by atoms with Crippen LogP contribution < -0.4 is 14.7 Å². The second kappa shape index (κ2) is 14.3. The molecular formula is C57H43N3. The summed E-state index contributed by atoms with van der Waals surface area (Å²) in [5.74, 6) is 0. The van der Waals surface area contributed by atoms with Gasteiger partial charge in [0.05, 0.1) is 16.8 Å². The van der Waals surface area contributed by atoms with Gasteiger partial charge in [-0.15, -0.1) is 0 Å². The molecule has 11 rings (SSSR count). The Kier molecular flexibility index (Phi) is 8.49. The SMILES string of the molecule is Cc1cccc(N2c3ccccc3C3(c4cc(N(c5ccccc5)c5ccccc5)ccc4-c4ccc(N(c5ccccc5)c5ccccc5)cc43)c3ccc(C)cc32)c1. The summed E-state index contributed by atoms with van der Waals surface area (Å²) in [5.41, 5.74) is 19.6. The van der Waals surface area contributed by atoms with Gasteiger partial charge in [-0.3, -0.25) is 0 Å². The van der Waals surface area contributed by atoms with E-state index < -0.39 is 5.41 Å². The molecular weight excluding hydrogens is 727 g/mol. The Morgan fingerprint density at radius 3 is 1.27 bits per heavy atom. The lowest BCUT2D eigenvalue weighted by Crippen LogP contribution is -2.36. The van der Waals surface area contributed by atoms with Crippen molar-refractivity contribution in [3.05, 3.63) is 258 Å². The minimum absolute atomic E-state index is 0.658. The first-order valence-corrected chi connectivity index (χ1v) is 20.8.